The van der Waals surface area contributed by atoms with Crippen LogP contribution in [0.4, 0.5) is 5.69 Å². The number of aromatic nitrogens is 1. The molecule has 0 bridgehead atoms. The van der Waals surface area contributed by atoms with Crippen LogP contribution in [-0.2, 0) is 6.54 Å². The number of hydrogen-bond acceptors (Lipinski definition) is 5. The van der Waals surface area contributed by atoms with E-state index in [-0.39, 0.29) is 0 Å². The van der Waals surface area contributed by atoms with Gasteiger partial charge in [0.1, 0.15) is 9.34 Å². The van der Waals surface area contributed by atoms with Crippen molar-refractivity contribution >= 4 is 40.2 Å². The Labute approximate surface area is 125 Å². The van der Waals surface area contributed by atoms with Gasteiger partial charge >= 0.3 is 0 Å². The predicted molar refractivity (Wildman–Crippen MR) is 79.0 cm³/mol. The summed E-state index contributed by atoms with van der Waals surface area (Å²) in [5, 5.41) is 4.63. The third kappa shape index (κ3) is 3.43. The molecule has 1 aromatic carbocycles. The fourth-order valence-electron chi connectivity index (χ4n) is 1.53. The molecule has 1 aromatic heterocycles. The molecule has 0 fully saturated rings. The Morgan fingerprint density at radius 3 is 2.47 bits per heavy atom. The predicted octanol–water partition coefficient (Wildman–Crippen LogP) is 4.08. The van der Waals surface area contributed by atoms with Gasteiger partial charge in [-0.1, -0.05) is 23.2 Å². The van der Waals surface area contributed by atoms with E-state index in [2.05, 4.69) is 10.3 Å². The molecule has 1 heterocycles. The second kappa shape index (κ2) is 6.32. The molecule has 0 aliphatic heterocycles. The Balaban J connectivity index is 2.15. The lowest BCUT2D eigenvalue weighted by Crippen LogP contribution is -2.00. The van der Waals surface area contributed by atoms with Gasteiger partial charge < -0.3 is 14.8 Å². The van der Waals surface area contributed by atoms with Crippen LogP contribution in [0.5, 0.6) is 11.5 Å². The van der Waals surface area contributed by atoms with Crippen molar-refractivity contribution in [3.05, 3.63) is 32.7 Å². The number of nitrogens with one attached hydrogen (secondary N) is 1. The Hall–Kier alpha value is -1.17. The van der Waals surface area contributed by atoms with Gasteiger partial charge in [0.2, 0.25) is 0 Å². The molecule has 102 valence electrons. The van der Waals surface area contributed by atoms with Gasteiger partial charge in [0.15, 0.2) is 11.5 Å². The maximum Gasteiger partial charge on any atom is 0.162 e. The van der Waals surface area contributed by atoms with Crippen LogP contribution in [0.2, 0.25) is 9.36 Å². The van der Waals surface area contributed by atoms with Crippen LogP contribution >= 0.6 is 34.5 Å². The first-order chi connectivity index (χ1) is 9.13. The van der Waals surface area contributed by atoms with Crippen LogP contribution in [0.3, 0.4) is 0 Å². The Bertz CT molecular complexity index is 575. The second-order valence-electron chi connectivity index (χ2n) is 3.60. The fourth-order valence-corrected chi connectivity index (χ4v) is 2.65. The van der Waals surface area contributed by atoms with Crippen molar-refractivity contribution < 1.29 is 9.47 Å². The molecule has 0 aliphatic rings. The van der Waals surface area contributed by atoms with Gasteiger partial charge in [-0.2, -0.15) is 0 Å². The zero-order valence-corrected chi connectivity index (χ0v) is 12.7. The third-order valence-electron chi connectivity index (χ3n) is 2.43. The number of halogens is 2. The highest BCUT2D eigenvalue weighted by molar-refractivity contribution is 7.15. The zero-order chi connectivity index (χ0) is 13.8. The van der Waals surface area contributed by atoms with Gasteiger partial charge in [0.25, 0.3) is 0 Å². The minimum absolute atomic E-state index is 0.548. The minimum atomic E-state index is 0.548. The number of ether oxygens (including phenoxy) is 2. The van der Waals surface area contributed by atoms with Crippen LogP contribution in [0.15, 0.2) is 18.3 Å². The van der Waals surface area contributed by atoms with Crippen molar-refractivity contribution in [2.75, 3.05) is 19.5 Å². The second-order valence-corrected chi connectivity index (χ2v) is 5.75. The summed E-state index contributed by atoms with van der Waals surface area (Å²) in [5.41, 5.74) is 0.755. The van der Waals surface area contributed by atoms with E-state index in [0.717, 1.165) is 10.7 Å². The molecule has 0 unspecified atom stereocenters. The molecule has 7 heteroatoms. The number of anilines is 1. The lowest BCUT2D eigenvalue weighted by Gasteiger charge is -2.12. The minimum Gasteiger partial charge on any atom is -0.493 e. The first kappa shape index (κ1) is 14.2. The van der Waals surface area contributed by atoms with Gasteiger partial charge in [-0.3, -0.25) is 0 Å². The fraction of sp³-hybridized carbons (Fsp3) is 0.250. The molecule has 2 aromatic rings. The van der Waals surface area contributed by atoms with E-state index < -0.39 is 0 Å². The van der Waals surface area contributed by atoms with E-state index in [1.165, 1.54) is 11.3 Å². The average molecular weight is 319 g/mol. The van der Waals surface area contributed by atoms with Crippen molar-refractivity contribution in [3.63, 3.8) is 0 Å². The van der Waals surface area contributed by atoms with Crippen LogP contribution in [0, 0.1) is 0 Å². The summed E-state index contributed by atoms with van der Waals surface area (Å²) >= 11 is 13.4. The molecule has 1 N–H and O–H groups in total. The van der Waals surface area contributed by atoms with Crippen molar-refractivity contribution in [1.29, 1.82) is 0 Å². The lowest BCUT2D eigenvalue weighted by molar-refractivity contribution is 0.355. The molecule has 0 saturated heterocycles. The summed E-state index contributed by atoms with van der Waals surface area (Å²) in [6, 6.07) is 3.49. The third-order valence-corrected chi connectivity index (χ3v) is 3.86. The van der Waals surface area contributed by atoms with Crippen LogP contribution in [-0.4, -0.2) is 19.2 Å². The maximum absolute atomic E-state index is 6.17. The first-order valence-corrected chi connectivity index (χ1v) is 6.97. The molecule has 19 heavy (non-hydrogen) atoms. The van der Waals surface area contributed by atoms with E-state index in [1.54, 1.807) is 32.5 Å². The number of nitrogens with zero attached hydrogens (tertiary/aromatic N) is 1. The summed E-state index contributed by atoms with van der Waals surface area (Å²) in [4.78, 5) is 4.16. The standard InChI is InChI=1S/C12H12Cl2N2O2S/c1-17-9-3-7(13)8(4-10(9)18-2)15-6-12-16-5-11(14)19-12/h3-5,15H,6H2,1-2H3. The average Bonchev–Trinajstić information content (AvgIpc) is 2.82. The molecule has 0 spiro atoms. The van der Waals surface area contributed by atoms with E-state index in [4.69, 9.17) is 32.7 Å². The van der Waals surface area contributed by atoms with E-state index in [0.29, 0.717) is 27.4 Å². The molecular formula is C12H12Cl2N2O2S. The first-order valence-electron chi connectivity index (χ1n) is 5.39. The summed E-state index contributed by atoms with van der Waals surface area (Å²) in [7, 11) is 3.15. The number of benzene rings is 1. The monoisotopic (exact) mass is 318 g/mol. The molecule has 0 atom stereocenters. The number of rotatable bonds is 5. The molecular weight excluding hydrogens is 307 g/mol. The summed E-state index contributed by atoms with van der Waals surface area (Å²) in [6.45, 7) is 0.548. The molecule has 0 saturated carbocycles. The van der Waals surface area contributed by atoms with Crippen LogP contribution in [0.25, 0.3) is 0 Å². The summed E-state index contributed by atoms with van der Waals surface area (Å²) in [5.74, 6) is 1.21. The lowest BCUT2D eigenvalue weighted by atomic mass is 10.2. The summed E-state index contributed by atoms with van der Waals surface area (Å²) < 4.78 is 11.1. The van der Waals surface area contributed by atoms with Crippen molar-refractivity contribution in [2.45, 2.75) is 6.54 Å². The van der Waals surface area contributed by atoms with Crippen molar-refractivity contribution in [2.24, 2.45) is 0 Å². The largest absolute Gasteiger partial charge is 0.493 e. The Morgan fingerprint density at radius 2 is 1.89 bits per heavy atom. The van der Waals surface area contributed by atoms with Gasteiger partial charge in [-0.05, 0) is 0 Å². The highest BCUT2D eigenvalue weighted by Crippen LogP contribution is 2.36. The Kier molecular flexibility index (Phi) is 4.74. The normalized spacial score (nSPS) is 10.3. The van der Waals surface area contributed by atoms with Crippen molar-refractivity contribution in [3.8, 4) is 11.5 Å². The van der Waals surface area contributed by atoms with Gasteiger partial charge in [0, 0.05) is 12.1 Å². The molecule has 0 amide bonds. The molecule has 2 rings (SSSR count). The highest BCUT2D eigenvalue weighted by atomic mass is 35.5. The van der Waals surface area contributed by atoms with E-state index >= 15 is 0 Å². The molecule has 4 nitrogen and oxygen atoms in total. The molecule has 0 radical (unpaired) electrons. The van der Waals surface area contributed by atoms with Gasteiger partial charge in [-0.25, -0.2) is 4.98 Å². The summed E-state index contributed by atoms with van der Waals surface area (Å²) in [6.07, 6.45) is 1.62. The van der Waals surface area contributed by atoms with Crippen molar-refractivity contribution in [1.82, 2.24) is 4.98 Å². The molecule has 0 aliphatic carbocycles. The SMILES string of the molecule is COc1cc(Cl)c(NCc2ncc(Cl)s2)cc1OC. The number of methoxy groups -OCH3 is 2. The van der Waals surface area contributed by atoms with Gasteiger partial charge in [-0.15, -0.1) is 11.3 Å². The van der Waals surface area contributed by atoms with Gasteiger partial charge in [0.05, 0.1) is 37.7 Å². The number of thiazole rings is 1. The number of hydrogen-bond donors (Lipinski definition) is 1. The topological polar surface area (TPSA) is 43.4 Å². The van der Waals surface area contributed by atoms with E-state index in [1.807, 2.05) is 0 Å². The highest BCUT2D eigenvalue weighted by Gasteiger charge is 2.10. The van der Waals surface area contributed by atoms with E-state index in [9.17, 15) is 0 Å². The van der Waals surface area contributed by atoms with Crippen LogP contribution < -0.4 is 14.8 Å². The quantitative estimate of drug-likeness (QED) is 0.902. The Morgan fingerprint density at radius 1 is 1.21 bits per heavy atom. The van der Waals surface area contributed by atoms with Crippen LogP contribution in [0.1, 0.15) is 5.01 Å². The maximum atomic E-state index is 6.17. The smallest absolute Gasteiger partial charge is 0.162 e. The zero-order valence-electron chi connectivity index (χ0n) is 10.4.